The van der Waals surface area contributed by atoms with Crippen LogP contribution in [0.2, 0.25) is 0 Å². The monoisotopic (exact) mass is 387 g/mol. The van der Waals surface area contributed by atoms with Crippen molar-refractivity contribution in [3.8, 4) is 0 Å². The highest BCUT2D eigenvalue weighted by atomic mass is 19.1. The maximum Gasteiger partial charge on any atom is 0.255 e. The predicted molar refractivity (Wildman–Crippen MR) is 98.1 cm³/mol. The van der Waals surface area contributed by atoms with Gasteiger partial charge in [-0.15, -0.1) is 0 Å². The quantitative estimate of drug-likeness (QED) is 0.626. The van der Waals surface area contributed by atoms with E-state index in [2.05, 4.69) is 5.32 Å². The Morgan fingerprint density at radius 2 is 1.93 bits per heavy atom. The van der Waals surface area contributed by atoms with Crippen LogP contribution in [0.1, 0.15) is 48.5 Å². The highest BCUT2D eigenvalue weighted by Gasteiger charge is 2.49. The summed E-state index contributed by atoms with van der Waals surface area (Å²) in [6.45, 7) is 2.77. The van der Waals surface area contributed by atoms with E-state index in [9.17, 15) is 19.2 Å². The van der Waals surface area contributed by atoms with E-state index in [0.29, 0.717) is 31.6 Å². The molecule has 7 nitrogen and oxygen atoms in total. The molecule has 2 saturated heterocycles. The Kier molecular flexibility index (Phi) is 4.44. The molecular formula is C20H22FN3O4. The molecule has 1 N–H and O–H groups in total. The number of anilines is 1. The topological polar surface area (TPSA) is 86.8 Å². The zero-order valence-electron chi connectivity index (χ0n) is 15.7. The zero-order chi connectivity index (χ0) is 20.1. The number of piperidine rings is 2. The van der Waals surface area contributed by atoms with Gasteiger partial charge in [0.1, 0.15) is 11.8 Å². The van der Waals surface area contributed by atoms with Crippen molar-refractivity contribution in [2.45, 2.75) is 44.7 Å². The van der Waals surface area contributed by atoms with Gasteiger partial charge in [-0.25, -0.2) is 4.39 Å². The number of carbonyl (C=O) groups excluding carboxylic acids is 4. The summed E-state index contributed by atoms with van der Waals surface area (Å²) in [4.78, 5) is 51.0. The molecule has 0 radical (unpaired) electrons. The first-order chi connectivity index (χ1) is 13.3. The van der Waals surface area contributed by atoms with Crippen LogP contribution in [-0.2, 0) is 20.9 Å². The molecule has 28 heavy (non-hydrogen) atoms. The van der Waals surface area contributed by atoms with Crippen LogP contribution in [0.15, 0.2) is 12.1 Å². The fraction of sp³-hybridized carbons (Fsp3) is 0.500. The molecule has 8 heteroatoms. The number of amides is 3. The fourth-order valence-corrected chi connectivity index (χ4v) is 4.31. The molecule has 0 bridgehead atoms. The molecule has 3 aliphatic rings. The molecule has 3 aliphatic heterocycles. The van der Waals surface area contributed by atoms with Crippen LogP contribution in [0.4, 0.5) is 10.1 Å². The second-order valence-electron chi connectivity index (χ2n) is 7.93. The Hall–Kier alpha value is -2.77. The number of halogens is 1. The van der Waals surface area contributed by atoms with Gasteiger partial charge in [0, 0.05) is 36.6 Å². The van der Waals surface area contributed by atoms with Crippen LogP contribution in [-0.4, -0.2) is 47.5 Å². The van der Waals surface area contributed by atoms with E-state index in [1.54, 1.807) is 19.1 Å². The average molecular weight is 387 g/mol. The summed E-state index contributed by atoms with van der Waals surface area (Å²) in [6, 6.07) is 3.21. The van der Waals surface area contributed by atoms with E-state index < -0.39 is 23.2 Å². The maximum atomic E-state index is 15.3. The lowest BCUT2D eigenvalue weighted by molar-refractivity contribution is -0.142. The molecule has 0 aromatic heterocycles. The molecule has 0 saturated carbocycles. The van der Waals surface area contributed by atoms with E-state index >= 15 is 4.39 Å². The molecular weight excluding hydrogens is 365 g/mol. The first-order valence-corrected chi connectivity index (χ1v) is 9.53. The molecule has 3 amide bonds. The third-order valence-electron chi connectivity index (χ3n) is 6.26. The largest absolute Gasteiger partial charge is 0.369 e. The van der Waals surface area contributed by atoms with Gasteiger partial charge in [-0.3, -0.25) is 19.7 Å². The van der Waals surface area contributed by atoms with Gasteiger partial charge in [0.05, 0.1) is 12.2 Å². The molecule has 1 atom stereocenters. The number of imide groups is 1. The van der Waals surface area contributed by atoms with Gasteiger partial charge in [0.25, 0.3) is 11.8 Å². The predicted octanol–water partition coefficient (Wildman–Crippen LogP) is 1.39. The molecule has 1 aromatic carbocycles. The number of carbonyl (C=O) groups is 4. The van der Waals surface area contributed by atoms with Gasteiger partial charge < -0.3 is 14.6 Å². The third-order valence-corrected chi connectivity index (χ3v) is 6.26. The summed E-state index contributed by atoms with van der Waals surface area (Å²) in [5.74, 6) is -1.72. The van der Waals surface area contributed by atoms with Gasteiger partial charge in [-0.1, -0.05) is 0 Å². The van der Waals surface area contributed by atoms with Crippen LogP contribution >= 0.6 is 0 Å². The number of nitrogens with one attached hydrogen (secondary N) is 1. The van der Waals surface area contributed by atoms with Crippen molar-refractivity contribution < 1.29 is 23.6 Å². The Morgan fingerprint density at radius 3 is 2.57 bits per heavy atom. The number of nitrogens with zero attached hydrogens (tertiary/aromatic N) is 2. The van der Waals surface area contributed by atoms with Crippen molar-refractivity contribution in [1.82, 2.24) is 10.2 Å². The summed E-state index contributed by atoms with van der Waals surface area (Å²) < 4.78 is 15.3. The molecule has 3 heterocycles. The molecule has 148 valence electrons. The maximum absolute atomic E-state index is 15.3. The van der Waals surface area contributed by atoms with E-state index in [4.69, 9.17) is 0 Å². The standard InChI is InChI=1S/C20H22FN3O4/c1-20(7-4-16(26)22-19(20)28)24-10-14-13(18(24)27)2-3-15(17(14)21)23-8-5-12(11-25)6-9-23/h2-3,11-12H,4-10H2,1H3,(H,22,26,28). The van der Waals surface area contributed by atoms with Crippen LogP contribution in [0.3, 0.4) is 0 Å². The molecule has 1 unspecified atom stereocenters. The first-order valence-electron chi connectivity index (χ1n) is 9.53. The lowest BCUT2D eigenvalue weighted by Crippen LogP contribution is -2.61. The van der Waals surface area contributed by atoms with Crippen LogP contribution in [0.5, 0.6) is 0 Å². The van der Waals surface area contributed by atoms with E-state index in [1.165, 1.54) is 4.90 Å². The second kappa shape index (κ2) is 6.68. The Morgan fingerprint density at radius 1 is 1.21 bits per heavy atom. The van der Waals surface area contributed by atoms with Crippen LogP contribution in [0.25, 0.3) is 0 Å². The number of rotatable bonds is 3. The molecule has 2 fully saturated rings. The van der Waals surface area contributed by atoms with E-state index in [-0.39, 0.29) is 42.3 Å². The van der Waals surface area contributed by atoms with Gasteiger partial charge in [0.2, 0.25) is 5.91 Å². The summed E-state index contributed by atoms with van der Waals surface area (Å²) in [6.07, 6.45) is 2.66. The summed E-state index contributed by atoms with van der Waals surface area (Å²) in [5, 5.41) is 2.28. The van der Waals surface area contributed by atoms with Gasteiger partial charge in [-0.05, 0) is 38.3 Å². The lowest BCUT2D eigenvalue weighted by atomic mass is 9.89. The molecule has 4 rings (SSSR count). The van der Waals surface area contributed by atoms with Crippen molar-refractivity contribution in [3.63, 3.8) is 0 Å². The van der Waals surface area contributed by atoms with Gasteiger partial charge in [0.15, 0.2) is 5.82 Å². The minimum absolute atomic E-state index is 0.00322. The molecule has 0 aliphatic carbocycles. The van der Waals surface area contributed by atoms with Crippen molar-refractivity contribution in [1.29, 1.82) is 0 Å². The highest BCUT2D eigenvalue weighted by molar-refractivity contribution is 6.07. The van der Waals surface area contributed by atoms with Crippen LogP contribution in [0, 0.1) is 11.7 Å². The van der Waals surface area contributed by atoms with Crippen LogP contribution < -0.4 is 10.2 Å². The van der Waals surface area contributed by atoms with Crippen molar-refractivity contribution >= 4 is 29.7 Å². The normalized spacial score (nSPS) is 25.7. The lowest BCUT2D eigenvalue weighted by Gasteiger charge is -2.39. The fourth-order valence-electron chi connectivity index (χ4n) is 4.31. The average Bonchev–Trinajstić information content (AvgIpc) is 3.04. The number of fused-ring (bicyclic) bond motifs is 1. The summed E-state index contributed by atoms with van der Waals surface area (Å²) in [7, 11) is 0. The summed E-state index contributed by atoms with van der Waals surface area (Å²) in [5.41, 5.74) is -0.217. The Bertz CT molecular complexity index is 878. The first kappa shape index (κ1) is 18.6. The SMILES string of the molecule is CC1(N2Cc3c(ccc(N4CCC(C=O)CC4)c3F)C2=O)CCC(=O)NC1=O. The zero-order valence-corrected chi connectivity index (χ0v) is 15.7. The third kappa shape index (κ3) is 2.78. The number of hydrogen-bond acceptors (Lipinski definition) is 5. The highest BCUT2D eigenvalue weighted by Crippen LogP contribution is 2.38. The van der Waals surface area contributed by atoms with Crippen molar-refractivity contribution in [3.05, 3.63) is 29.1 Å². The minimum Gasteiger partial charge on any atom is -0.369 e. The van der Waals surface area contributed by atoms with Crippen molar-refractivity contribution in [2.75, 3.05) is 18.0 Å². The van der Waals surface area contributed by atoms with E-state index in [0.717, 1.165) is 6.29 Å². The van der Waals surface area contributed by atoms with Gasteiger partial charge in [-0.2, -0.15) is 0 Å². The number of hydrogen-bond donors (Lipinski definition) is 1. The molecule has 0 spiro atoms. The van der Waals surface area contributed by atoms with E-state index in [1.807, 2.05) is 4.90 Å². The number of aldehydes is 1. The smallest absolute Gasteiger partial charge is 0.255 e. The van der Waals surface area contributed by atoms with Crippen molar-refractivity contribution in [2.24, 2.45) is 5.92 Å². The summed E-state index contributed by atoms with van der Waals surface area (Å²) >= 11 is 0. The Labute approximate surface area is 161 Å². The number of benzene rings is 1. The second-order valence-corrected chi connectivity index (χ2v) is 7.93. The molecule has 1 aromatic rings. The Balaban J connectivity index is 1.61. The minimum atomic E-state index is -1.18. The van der Waals surface area contributed by atoms with Gasteiger partial charge >= 0.3 is 0 Å².